The van der Waals surface area contributed by atoms with Crippen molar-refractivity contribution in [1.82, 2.24) is 0 Å². The number of carboxylic acids is 1. The fraction of sp³-hybridized carbons (Fsp3) is 0.417. The van der Waals surface area contributed by atoms with E-state index in [9.17, 15) is 4.79 Å². The first-order valence-electron chi connectivity index (χ1n) is 5.11. The fourth-order valence-corrected chi connectivity index (χ4v) is 1.77. The lowest BCUT2D eigenvalue weighted by Gasteiger charge is -2.16. The Morgan fingerprint density at radius 3 is 2.44 bits per heavy atom. The molecule has 0 aromatic heterocycles. The largest absolute Gasteiger partial charge is 0.481 e. The molecular weight excluding hydrogens is 208 g/mol. The van der Waals surface area contributed by atoms with E-state index in [1.54, 1.807) is 6.07 Å². The summed E-state index contributed by atoms with van der Waals surface area (Å²) < 4.78 is 11.1. The molecule has 4 nitrogen and oxygen atoms in total. The van der Waals surface area contributed by atoms with Gasteiger partial charge < -0.3 is 14.6 Å². The topological polar surface area (TPSA) is 55.8 Å². The molecule has 0 amide bonds. The molecule has 0 atom stereocenters. The molecule has 4 heteroatoms. The maximum absolute atomic E-state index is 10.7. The standard InChI is InChI=1S/C12H14O4/c1-7-4-9-10(16-12(2,3)15-9)5-8(7)6-11(13)14/h4-5H,6H2,1-3H3,(H,13,14). The van der Waals surface area contributed by atoms with Gasteiger partial charge in [0, 0.05) is 13.8 Å². The molecule has 0 saturated heterocycles. The van der Waals surface area contributed by atoms with E-state index in [1.165, 1.54) is 0 Å². The van der Waals surface area contributed by atoms with Gasteiger partial charge in [0.2, 0.25) is 5.79 Å². The molecule has 1 heterocycles. The Morgan fingerprint density at radius 1 is 1.31 bits per heavy atom. The molecule has 0 unspecified atom stereocenters. The number of ether oxygens (including phenoxy) is 2. The number of aryl methyl sites for hydroxylation is 1. The van der Waals surface area contributed by atoms with E-state index in [4.69, 9.17) is 14.6 Å². The third kappa shape index (κ3) is 1.96. The molecule has 1 aliphatic rings. The summed E-state index contributed by atoms with van der Waals surface area (Å²) in [6, 6.07) is 3.57. The van der Waals surface area contributed by atoms with Gasteiger partial charge in [0.25, 0.3) is 0 Å². The van der Waals surface area contributed by atoms with Gasteiger partial charge in [-0.15, -0.1) is 0 Å². The molecule has 1 N–H and O–H groups in total. The van der Waals surface area contributed by atoms with Crippen LogP contribution in [0.2, 0.25) is 0 Å². The second-order valence-corrected chi connectivity index (χ2v) is 4.40. The number of hydrogen-bond acceptors (Lipinski definition) is 3. The van der Waals surface area contributed by atoms with Crippen molar-refractivity contribution >= 4 is 5.97 Å². The van der Waals surface area contributed by atoms with Crippen LogP contribution in [0.5, 0.6) is 11.5 Å². The highest BCUT2D eigenvalue weighted by Crippen LogP contribution is 2.40. The van der Waals surface area contributed by atoms with Gasteiger partial charge in [-0.1, -0.05) is 0 Å². The van der Waals surface area contributed by atoms with Crippen LogP contribution < -0.4 is 9.47 Å². The lowest BCUT2D eigenvalue weighted by Crippen LogP contribution is -2.29. The van der Waals surface area contributed by atoms with Crippen LogP contribution in [0.4, 0.5) is 0 Å². The number of carboxylic acid groups (broad SMARTS) is 1. The van der Waals surface area contributed by atoms with E-state index >= 15 is 0 Å². The Labute approximate surface area is 93.8 Å². The van der Waals surface area contributed by atoms with Crippen molar-refractivity contribution in [2.24, 2.45) is 0 Å². The quantitative estimate of drug-likeness (QED) is 0.832. The molecule has 0 fully saturated rings. The maximum atomic E-state index is 10.7. The highest BCUT2D eigenvalue weighted by atomic mass is 16.7. The molecule has 1 aliphatic heterocycles. The highest BCUT2D eigenvalue weighted by Gasteiger charge is 2.32. The SMILES string of the molecule is Cc1cc2c(cc1CC(=O)O)OC(C)(C)O2. The molecule has 2 rings (SSSR count). The van der Waals surface area contributed by atoms with Crippen molar-refractivity contribution in [2.75, 3.05) is 0 Å². The molecule has 0 saturated carbocycles. The van der Waals surface area contributed by atoms with Crippen molar-refractivity contribution < 1.29 is 19.4 Å². The van der Waals surface area contributed by atoms with Gasteiger partial charge in [-0.25, -0.2) is 0 Å². The van der Waals surface area contributed by atoms with Crippen molar-refractivity contribution in [3.8, 4) is 11.5 Å². The number of carbonyl (C=O) groups is 1. The second-order valence-electron chi connectivity index (χ2n) is 4.40. The summed E-state index contributed by atoms with van der Waals surface area (Å²) in [6.07, 6.45) is 0.00288. The third-order valence-electron chi connectivity index (χ3n) is 2.46. The number of rotatable bonds is 2. The van der Waals surface area contributed by atoms with E-state index in [1.807, 2.05) is 26.8 Å². The van der Waals surface area contributed by atoms with E-state index < -0.39 is 11.8 Å². The van der Waals surface area contributed by atoms with Crippen molar-refractivity contribution in [1.29, 1.82) is 0 Å². The Bertz CT molecular complexity index is 449. The number of benzene rings is 1. The first kappa shape index (κ1) is 10.8. The number of fused-ring (bicyclic) bond motifs is 1. The van der Waals surface area contributed by atoms with Crippen LogP contribution in [0.25, 0.3) is 0 Å². The maximum Gasteiger partial charge on any atom is 0.307 e. The summed E-state index contributed by atoms with van der Waals surface area (Å²) in [7, 11) is 0. The Morgan fingerprint density at radius 2 is 1.88 bits per heavy atom. The molecule has 1 aromatic rings. The fourth-order valence-electron chi connectivity index (χ4n) is 1.77. The molecule has 16 heavy (non-hydrogen) atoms. The summed E-state index contributed by atoms with van der Waals surface area (Å²) in [5.74, 6) is -0.221. The predicted molar refractivity (Wildman–Crippen MR) is 57.9 cm³/mol. The minimum atomic E-state index is -0.846. The summed E-state index contributed by atoms with van der Waals surface area (Å²) >= 11 is 0. The summed E-state index contributed by atoms with van der Waals surface area (Å²) in [6.45, 7) is 5.51. The smallest absolute Gasteiger partial charge is 0.307 e. The van der Waals surface area contributed by atoms with Crippen LogP contribution in [-0.2, 0) is 11.2 Å². The van der Waals surface area contributed by atoms with Gasteiger partial charge >= 0.3 is 5.97 Å². The van der Waals surface area contributed by atoms with Gasteiger partial charge in [0.05, 0.1) is 6.42 Å². The monoisotopic (exact) mass is 222 g/mol. The van der Waals surface area contributed by atoms with Crippen LogP contribution in [-0.4, -0.2) is 16.9 Å². The molecule has 1 aromatic carbocycles. The zero-order valence-electron chi connectivity index (χ0n) is 9.53. The van der Waals surface area contributed by atoms with Crippen LogP contribution in [0.1, 0.15) is 25.0 Å². The highest BCUT2D eigenvalue weighted by molar-refractivity contribution is 5.71. The summed E-state index contributed by atoms with van der Waals surface area (Å²) in [5.41, 5.74) is 1.66. The molecule has 0 aliphatic carbocycles. The Hall–Kier alpha value is -1.71. The van der Waals surface area contributed by atoms with Crippen LogP contribution >= 0.6 is 0 Å². The van der Waals surface area contributed by atoms with E-state index in [-0.39, 0.29) is 6.42 Å². The minimum absolute atomic E-state index is 0.00288. The van der Waals surface area contributed by atoms with Crippen molar-refractivity contribution in [3.05, 3.63) is 23.3 Å². The molecule has 0 radical (unpaired) electrons. The summed E-state index contributed by atoms with van der Waals surface area (Å²) in [4.78, 5) is 10.7. The number of aliphatic carboxylic acids is 1. The second kappa shape index (κ2) is 3.40. The molecule has 86 valence electrons. The van der Waals surface area contributed by atoms with Gasteiger partial charge in [0.15, 0.2) is 11.5 Å². The van der Waals surface area contributed by atoms with Gasteiger partial charge in [0.1, 0.15) is 0 Å². The minimum Gasteiger partial charge on any atom is -0.481 e. The lowest BCUT2D eigenvalue weighted by atomic mass is 10.1. The molecular formula is C12H14O4. The first-order chi connectivity index (χ1) is 7.37. The Kier molecular flexibility index (Phi) is 2.30. The van der Waals surface area contributed by atoms with Gasteiger partial charge in [-0.2, -0.15) is 0 Å². The zero-order valence-corrected chi connectivity index (χ0v) is 9.53. The van der Waals surface area contributed by atoms with Gasteiger partial charge in [-0.3, -0.25) is 4.79 Å². The normalized spacial score (nSPS) is 16.2. The van der Waals surface area contributed by atoms with E-state index in [2.05, 4.69) is 0 Å². The van der Waals surface area contributed by atoms with Gasteiger partial charge in [-0.05, 0) is 30.2 Å². The van der Waals surface area contributed by atoms with Crippen LogP contribution in [0, 0.1) is 6.92 Å². The average molecular weight is 222 g/mol. The molecule has 0 bridgehead atoms. The van der Waals surface area contributed by atoms with Crippen molar-refractivity contribution in [3.63, 3.8) is 0 Å². The average Bonchev–Trinajstić information content (AvgIpc) is 2.38. The van der Waals surface area contributed by atoms with E-state index in [0.717, 1.165) is 11.1 Å². The third-order valence-corrected chi connectivity index (χ3v) is 2.46. The summed E-state index contributed by atoms with van der Waals surface area (Å²) in [5, 5.41) is 8.77. The number of hydrogen-bond donors (Lipinski definition) is 1. The first-order valence-corrected chi connectivity index (χ1v) is 5.11. The zero-order chi connectivity index (χ0) is 11.9. The van der Waals surface area contributed by atoms with Crippen LogP contribution in [0.3, 0.4) is 0 Å². The van der Waals surface area contributed by atoms with E-state index in [0.29, 0.717) is 11.5 Å². The van der Waals surface area contributed by atoms with Crippen LogP contribution in [0.15, 0.2) is 12.1 Å². The molecule has 0 spiro atoms. The lowest BCUT2D eigenvalue weighted by molar-refractivity contribution is -0.136. The Balaban J connectivity index is 2.37. The predicted octanol–water partition coefficient (Wildman–Crippen LogP) is 2.13. The van der Waals surface area contributed by atoms with Crippen molar-refractivity contribution in [2.45, 2.75) is 33.0 Å².